The third-order valence-corrected chi connectivity index (χ3v) is 3.39. The zero-order valence-corrected chi connectivity index (χ0v) is 13.1. The number of carbonyl (C=O) groups is 1. The Morgan fingerprint density at radius 2 is 2.10 bits per heavy atom. The number of hydrogen-bond acceptors (Lipinski definition) is 3. The third-order valence-electron chi connectivity index (χ3n) is 3.39. The Kier molecular flexibility index (Phi) is 4.51. The van der Waals surface area contributed by atoms with E-state index in [-0.39, 0.29) is 11.6 Å². The molecule has 0 bridgehead atoms. The summed E-state index contributed by atoms with van der Waals surface area (Å²) < 4.78 is 11.2. The summed E-state index contributed by atoms with van der Waals surface area (Å²) in [7, 11) is 0. The van der Waals surface area contributed by atoms with Gasteiger partial charge >= 0.3 is 5.97 Å². The number of esters is 1. The molecule has 0 N–H and O–H groups in total. The van der Waals surface area contributed by atoms with E-state index in [0.29, 0.717) is 5.75 Å². The zero-order chi connectivity index (χ0) is 15.5. The van der Waals surface area contributed by atoms with Gasteiger partial charge in [0.2, 0.25) is 0 Å². The smallest absolute Gasteiger partial charge is 0.308 e. The van der Waals surface area contributed by atoms with Gasteiger partial charge in [-0.05, 0) is 57.9 Å². The van der Waals surface area contributed by atoms with Crippen molar-refractivity contribution in [2.24, 2.45) is 0 Å². The van der Waals surface area contributed by atoms with E-state index in [1.54, 1.807) is 6.07 Å². The summed E-state index contributed by atoms with van der Waals surface area (Å²) in [4.78, 5) is 11.0. The van der Waals surface area contributed by atoms with Crippen LogP contribution >= 0.6 is 0 Å². The van der Waals surface area contributed by atoms with Crippen LogP contribution in [0.3, 0.4) is 0 Å². The molecule has 0 amide bonds. The minimum absolute atomic E-state index is 0.290. The van der Waals surface area contributed by atoms with Crippen molar-refractivity contribution in [2.45, 2.75) is 46.1 Å². The van der Waals surface area contributed by atoms with E-state index in [0.717, 1.165) is 24.2 Å². The van der Waals surface area contributed by atoms with Crippen molar-refractivity contribution in [1.82, 2.24) is 0 Å². The second-order valence-electron chi connectivity index (χ2n) is 5.86. The Morgan fingerprint density at radius 1 is 1.33 bits per heavy atom. The molecule has 1 heterocycles. The van der Waals surface area contributed by atoms with E-state index in [1.165, 1.54) is 12.5 Å². The molecule has 0 spiro atoms. The van der Waals surface area contributed by atoms with Crippen LogP contribution in [-0.2, 0) is 4.79 Å². The van der Waals surface area contributed by atoms with Gasteiger partial charge in [0.05, 0.1) is 0 Å². The van der Waals surface area contributed by atoms with Crippen LogP contribution in [0.4, 0.5) is 0 Å². The molecule has 21 heavy (non-hydrogen) atoms. The van der Waals surface area contributed by atoms with Crippen LogP contribution in [0.25, 0.3) is 6.08 Å². The van der Waals surface area contributed by atoms with E-state index in [9.17, 15) is 4.79 Å². The maximum Gasteiger partial charge on any atom is 0.308 e. The number of benzene rings is 1. The highest BCUT2D eigenvalue weighted by molar-refractivity contribution is 5.70. The van der Waals surface area contributed by atoms with Gasteiger partial charge in [0, 0.05) is 12.5 Å². The highest BCUT2D eigenvalue weighted by Gasteiger charge is 2.26. The molecule has 1 aliphatic heterocycles. The van der Waals surface area contributed by atoms with Gasteiger partial charge in [-0.25, -0.2) is 0 Å². The normalized spacial score (nSPS) is 19.4. The highest BCUT2D eigenvalue weighted by Crippen LogP contribution is 2.35. The van der Waals surface area contributed by atoms with Gasteiger partial charge in [0.1, 0.15) is 17.1 Å². The first-order valence-corrected chi connectivity index (χ1v) is 7.22. The quantitative estimate of drug-likeness (QED) is 0.463. The van der Waals surface area contributed by atoms with Gasteiger partial charge in [0.25, 0.3) is 0 Å². The summed E-state index contributed by atoms with van der Waals surface area (Å²) >= 11 is 0. The van der Waals surface area contributed by atoms with Gasteiger partial charge in [-0.1, -0.05) is 17.7 Å². The molecule has 0 aromatic heterocycles. The van der Waals surface area contributed by atoms with Crippen molar-refractivity contribution >= 4 is 12.0 Å². The monoisotopic (exact) mass is 286 g/mol. The molecule has 1 aliphatic rings. The highest BCUT2D eigenvalue weighted by atomic mass is 16.5. The van der Waals surface area contributed by atoms with E-state index < -0.39 is 0 Å². The summed E-state index contributed by atoms with van der Waals surface area (Å²) in [6.07, 6.45) is 8.26. The van der Waals surface area contributed by atoms with Crippen LogP contribution in [0, 0.1) is 0 Å². The summed E-state index contributed by atoms with van der Waals surface area (Å²) in [5.41, 5.74) is 1.97. The molecule has 1 atom stereocenters. The van der Waals surface area contributed by atoms with E-state index >= 15 is 0 Å². The van der Waals surface area contributed by atoms with Crippen molar-refractivity contribution in [1.29, 1.82) is 0 Å². The molecule has 1 unspecified atom stereocenters. The molecule has 3 heteroatoms. The number of carbonyl (C=O) groups excluding carboxylic acids is 1. The minimum Gasteiger partial charge on any atom is -0.483 e. The minimum atomic E-state index is -0.317. The summed E-state index contributed by atoms with van der Waals surface area (Å²) in [6.45, 7) is 7.69. The number of fused-ring (bicyclic) bond motifs is 1. The zero-order valence-electron chi connectivity index (χ0n) is 13.1. The van der Waals surface area contributed by atoms with Crippen LogP contribution in [-0.4, -0.2) is 11.6 Å². The SMILES string of the molecule is CC(=O)Oc1ccc2c(c1)C=CC(C)(CCC=C(C)C)O2. The topological polar surface area (TPSA) is 35.5 Å². The number of rotatable bonds is 4. The second kappa shape index (κ2) is 6.17. The second-order valence-corrected chi connectivity index (χ2v) is 5.86. The Balaban J connectivity index is 2.11. The summed E-state index contributed by atoms with van der Waals surface area (Å²) in [6, 6.07) is 5.44. The molecule has 0 fully saturated rings. The van der Waals surface area contributed by atoms with Gasteiger partial charge < -0.3 is 9.47 Å². The molecule has 0 saturated carbocycles. The first-order chi connectivity index (χ1) is 9.88. The fourth-order valence-electron chi connectivity index (χ4n) is 2.31. The fourth-order valence-corrected chi connectivity index (χ4v) is 2.31. The van der Waals surface area contributed by atoms with E-state index in [1.807, 2.05) is 18.2 Å². The first kappa shape index (κ1) is 15.4. The van der Waals surface area contributed by atoms with Crippen molar-refractivity contribution in [3.63, 3.8) is 0 Å². The van der Waals surface area contributed by atoms with Gasteiger partial charge in [-0.15, -0.1) is 0 Å². The molecule has 0 radical (unpaired) electrons. The Hall–Kier alpha value is -2.03. The maximum absolute atomic E-state index is 11.0. The standard InChI is InChI=1S/C18H22O3/c1-13(2)6-5-10-18(4)11-9-15-12-16(20-14(3)19)7-8-17(15)21-18/h6-9,11-12H,5,10H2,1-4H3. The lowest BCUT2D eigenvalue weighted by molar-refractivity contribution is -0.131. The van der Waals surface area contributed by atoms with Crippen molar-refractivity contribution in [3.05, 3.63) is 41.5 Å². The number of ether oxygens (including phenoxy) is 2. The van der Waals surface area contributed by atoms with E-state index in [4.69, 9.17) is 9.47 Å². The fraction of sp³-hybridized carbons (Fsp3) is 0.389. The third kappa shape index (κ3) is 4.22. The average molecular weight is 286 g/mol. The Bertz CT molecular complexity index is 594. The average Bonchev–Trinajstić information content (AvgIpc) is 2.38. The van der Waals surface area contributed by atoms with Gasteiger partial charge in [-0.3, -0.25) is 4.79 Å². The Morgan fingerprint density at radius 3 is 2.76 bits per heavy atom. The van der Waals surface area contributed by atoms with Crippen LogP contribution in [0.1, 0.15) is 46.1 Å². The van der Waals surface area contributed by atoms with Crippen LogP contribution in [0.5, 0.6) is 11.5 Å². The predicted octanol–water partition coefficient (Wildman–Crippen LogP) is 4.52. The summed E-state index contributed by atoms with van der Waals surface area (Å²) in [5, 5.41) is 0. The molecule has 1 aromatic rings. The van der Waals surface area contributed by atoms with E-state index in [2.05, 4.69) is 32.9 Å². The largest absolute Gasteiger partial charge is 0.483 e. The molecule has 2 rings (SSSR count). The van der Waals surface area contributed by atoms with Gasteiger partial charge in [-0.2, -0.15) is 0 Å². The Labute approximate surface area is 126 Å². The molecule has 0 saturated heterocycles. The summed E-state index contributed by atoms with van der Waals surface area (Å²) in [5.74, 6) is 1.05. The molecule has 3 nitrogen and oxygen atoms in total. The van der Waals surface area contributed by atoms with Gasteiger partial charge in [0.15, 0.2) is 0 Å². The lowest BCUT2D eigenvalue weighted by Gasteiger charge is -2.31. The molecular weight excluding hydrogens is 264 g/mol. The molecule has 1 aromatic carbocycles. The van der Waals surface area contributed by atoms with Crippen molar-refractivity contribution in [2.75, 3.05) is 0 Å². The molecule has 112 valence electrons. The van der Waals surface area contributed by atoms with Crippen molar-refractivity contribution in [3.8, 4) is 11.5 Å². The lowest BCUT2D eigenvalue weighted by atomic mass is 9.94. The van der Waals surface area contributed by atoms with Crippen LogP contribution < -0.4 is 9.47 Å². The number of allylic oxidation sites excluding steroid dienone is 2. The van der Waals surface area contributed by atoms with Crippen LogP contribution in [0.2, 0.25) is 0 Å². The lowest BCUT2D eigenvalue weighted by Crippen LogP contribution is -2.31. The van der Waals surface area contributed by atoms with Crippen LogP contribution in [0.15, 0.2) is 35.9 Å². The first-order valence-electron chi connectivity index (χ1n) is 7.22. The number of hydrogen-bond donors (Lipinski definition) is 0. The predicted molar refractivity (Wildman–Crippen MR) is 84.5 cm³/mol. The molecule has 0 aliphatic carbocycles. The molecular formula is C18H22O3. The van der Waals surface area contributed by atoms with Crippen molar-refractivity contribution < 1.29 is 14.3 Å². The maximum atomic E-state index is 11.0.